The first-order chi connectivity index (χ1) is 10.1. The number of nitrogens with zero attached hydrogens (tertiary/aromatic N) is 2. The van der Waals surface area contributed by atoms with Gasteiger partial charge >= 0.3 is 0 Å². The molecule has 0 aliphatic carbocycles. The number of rotatable bonds is 5. The summed E-state index contributed by atoms with van der Waals surface area (Å²) >= 11 is 5.95. The van der Waals surface area contributed by atoms with Crippen LogP contribution in [-0.2, 0) is 16.1 Å². The van der Waals surface area contributed by atoms with Crippen LogP contribution in [-0.4, -0.2) is 48.7 Å². The number of carbonyl (C=O) groups excluding carboxylic acids is 2. The zero-order chi connectivity index (χ0) is 15.2. The molecule has 0 radical (unpaired) electrons. The summed E-state index contributed by atoms with van der Waals surface area (Å²) in [5.41, 5.74) is 1.03. The Morgan fingerprint density at radius 1 is 1.43 bits per heavy atom. The van der Waals surface area contributed by atoms with Gasteiger partial charge in [0, 0.05) is 24.5 Å². The van der Waals surface area contributed by atoms with E-state index in [0.717, 1.165) is 37.8 Å². The number of likely N-dealkylation sites (N-methyl/N-ethyl adjacent to an activating group) is 1. The lowest BCUT2D eigenvalue weighted by atomic mass is 9.99. The quantitative estimate of drug-likeness (QED) is 0.783. The van der Waals surface area contributed by atoms with Crippen LogP contribution in [0.3, 0.4) is 0 Å². The predicted molar refractivity (Wildman–Crippen MR) is 83.2 cm³/mol. The molecular weight excluding hydrogens is 288 g/mol. The molecule has 0 bridgehead atoms. The zero-order valence-corrected chi connectivity index (χ0v) is 13.1. The van der Waals surface area contributed by atoms with Crippen molar-refractivity contribution < 1.29 is 9.59 Å². The first-order valence-electron chi connectivity index (χ1n) is 7.24. The minimum Gasteiger partial charge on any atom is -0.340 e. The zero-order valence-electron chi connectivity index (χ0n) is 12.3. The number of hydrogen-bond acceptors (Lipinski definition) is 3. The first kappa shape index (κ1) is 16.0. The lowest BCUT2D eigenvalue weighted by molar-refractivity contribution is -0.132. The van der Waals surface area contributed by atoms with E-state index in [0.29, 0.717) is 18.1 Å². The van der Waals surface area contributed by atoms with Crippen LogP contribution in [0.1, 0.15) is 18.4 Å². The minimum absolute atomic E-state index is 0.0968. The van der Waals surface area contributed by atoms with E-state index in [9.17, 15) is 9.59 Å². The third-order valence-electron chi connectivity index (χ3n) is 3.92. The van der Waals surface area contributed by atoms with E-state index in [1.807, 2.05) is 24.3 Å². The molecule has 0 saturated carbocycles. The van der Waals surface area contributed by atoms with Gasteiger partial charge in [-0.15, -0.1) is 0 Å². The Hall–Kier alpha value is -1.39. The van der Waals surface area contributed by atoms with E-state index in [1.54, 1.807) is 11.9 Å². The summed E-state index contributed by atoms with van der Waals surface area (Å²) in [4.78, 5) is 26.8. The Kier molecular flexibility index (Phi) is 5.76. The maximum Gasteiger partial charge on any atom is 0.236 e. The second-order valence-electron chi connectivity index (χ2n) is 5.63. The fraction of sp³-hybridized carbons (Fsp3) is 0.500. The lowest BCUT2D eigenvalue weighted by Gasteiger charge is -2.30. The van der Waals surface area contributed by atoms with Crippen LogP contribution in [0.25, 0.3) is 0 Å². The van der Waals surface area contributed by atoms with Crippen LogP contribution >= 0.6 is 11.6 Å². The van der Waals surface area contributed by atoms with Gasteiger partial charge in [0.1, 0.15) is 6.29 Å². The molecule has 1 aromatic carbocycles. The van der Waals surface area contributed by atoms with E-state index in [-0.39, 0.29) is 11.8 Å². The normalized spacial score (nSPS) is 16.7. The van der Waals surface area contributed by atoms with Crippen molar-refractivity contribution in [1.29, 1.82) is 0 Å². The molecule has 0 aromatic heterocycles. The maximum absolute atomic E-state index is 12.2. The number of benzene rings is 1. The summed E-state index contributed by atoms with van der Waals surface area (Å²) in [7, 11) is 1.81. The van der Waals surface area contributed by atoms with Crippen molar-refractivity contribution in [2.45, 2.75) is 19.4 Å². The average Bonchev–Trinajstić information content (AvgIpc) is 2.48. The highest BCUT2D eigenvalue weighted by atomic mass is 35.5. The summed E-state index contributed by atoms with van der Waals surface area (Å²) in [6, 6.07) is 7.55. The third kappa shape index (κ3) is 4.83. The predicted octanol–water partition coefficient (Wildman–Crippen LogP) is 2.21. The van der Waals surface area contributed by atoms with Gasteiger partial charge in [-0.3, -0.25) is 9.69 Å². The van der Waals surface area contributed by atoms with Crippen LogP contribution < -0.4 is 0 Å². The molecule has 4 nitrogen and oxygen atoms in total. The highest BCUT2D eigenvalue weighted by Crippen LogP contribution is 2.15. The minimum atomic E-state index is 0.0968. The number of halogens is 1. The SMILES string of the molecule is CN(Cc1cccc(Cl)c1)C(=O)CN1CCC(C=O)CC1. The molecule has 1 heterocycles. The van der Waals surface area contributed by atoms with E-state index in [4.69, 9.17) is 11.6 Å². The molecule has 1 aromatic rings. The third-order valence-corrected chi connectivity index (χ3v) is 4.15. The molecule has 1 aliphatic heterocycles. The van der Waals surface area contributed by atoms with Gasteiger partial charge in [-0.05, 0) is 43.6 Å². The van der Waals surface area contributed by atoms with E-state index in [2.05, 4.69) is 4.90 Å². The molecule has 1 fully saturated rings. The summed E-state index contributed by atoms with van der Waals surface area (Å²) in [6.07, 6.45) is 2.74. The Balaban J connectivity index is 1.81. The second-order valence-corrected chi connectivity index (χ2v) is 6.07. The molecule has 0 N–H and O–H groups in total. The monoisotopic (exact) mass is 308 g/mol. The standard InChI is InChI=1S/C16H21ClN2O2/c1-18(10-14-3-2-4-15(17)9-14)16(21)11-19-7-5-13(12-20)6-8-19/h2-4,9,12-13H,5-8,10-11H2,1H3. The number of piperidine rings is 1. The van der Waals surface area contributed by atoms with Crippen LogP contribution in [0.2, 0.25) is 5.02 Å². The van der Waals surface area contributed by atoms with Gasteiger partial charge in [0.25, 0.3) is 0 Å². The topological polar surface area (TPSA) is 40.6 Å². The van der Waals surface area contributed by atoms with Gasteiger partial charge in [-0.25, -0.2) is 0 Å². The largest absolute Gasteiger partial charge is 0.340 e. The highest BCUT2D eigenvalue weighted by molar-refractivity contribution is 6.30. The fourth-order valence-electron chi connectivity index (χ4n) is 2.56. The Labute approximate surface area is 130 Å². The van der Waals surface area contributed by atoms with Crippen LogP contribution in [0.15, 0.2) is 24.3 Å². The van der Waals surface area contributed by atoms with Crippen molar-refractivity contribution in [3.63, 3.8) is 0 Å². The molecule has 1 amide bonds. The molecule has 0 unspecified atom stereocenters. The molecule has 1 saturated heterocycles. The van der Waals surface area contributed by atoms with Gasteiger partial charge in [0.05, 0.1) is 6.54 Å². The molecule has 21 heavy (non-hydrogen) atoms. The van der Waals surface area contributed by atoms with Crippen molar-refractivity contribution in [3.05, 3.63) is 34.9 Å². The number of hydrogen-bond donors (Lipinski definition) is 0. The summed E-state index contributed by atoms with van der Waals surface area (Å²) in [6.45, 7) is 2.62. The summed E-state index contributed by atoms with van der Waals surface area (Å²) < 4.78 is 0. The summed E-state index contributed by atoms with van der Waals surface area (Å²) in [5, 5.41) is 0.685. The molecule has 5 heteroatoms. The highest BCUT2D eigenvalue weighted by Gasteiger charge is 2.21. The molecule has 114 valence electrons. The number of carbonyl (C=O) groups is 2. The molecule has 2 rings (SSSR count). The number of likely N-dealkylation sites (tertiary alicyclic amines) is 1. The average molecular weight is 309 g/mol. The fourth-order valence-corrected chi connectivity index (χ4v) is 2.77. The van der Waals surface area contributed by atoms with Crippen molar-refractivity contribution in [2.75, 3.05) is 26.7 Å². The van der Waals surface area contributed by atoms with E-state index in [1.165, 1.54) is 0 Å². The van der Waals surface area contributed by atoms with Gasteiger partial charge in [-0.1, -0.05) is 23.7 Å². The second kappa shape index (κ2) is 7.57. The van der Waals surface area contributed by atoms with Crippen LogP contribution in [0.5, 0.6) is 0 Å². The van der Waals surface area contributed by atoms with E-state index < -0.39 is 0 Å². The van der Waals surface area contributed by atoms with Gasteiger partial charge in [0.15, 0.2) is 0 Å². The van der Waals surface area contributed by atoms with Gasteiger partial charge < -0.3 is 9.69 Å². The summed E-state index contributed by atoms with van der Waals surface area (Å²) in [5.74, 6) is 0.264. The van der Waals surface area contributed by atoms with Crippen LogP contribution in [0, 0.1) is 5.92 Å². The Morgan fingerprint density at radius 2 is 2.14 bits per heavy atom. The van der Waals surface area contributed by atoms with Crippen molar-refractivity contribution in [1.82, 2.24) is 9.80 Å². The van der Waals surface area contributed by atoms with Gasteiger partial charge in [-0.2, -0.15) is 0 Å². The smallest absolute Gasteiger partial charge is 0.236 e. The molecule has 1 aliphatic rings. The Morgan fingerprint density at radius 3 is 2.76 bits per heavy atom. The maximum atomic E-state index is 12.2. The molecule has 0 atom stereocenters. The first-order valence-corrected chi connectivity index (χ1v) is 7.62. The molecule has 0 spiro atoms. The Bertz CT molecular complexity index is 499. The van der Waals surface area contributed by atoms with Crippen molar-refractivity contribution in [3.8, 4) is 0 Å². The van der Waals surface area contributed by atoms with Crippen molar-refractivity contribution >= 4 is 23.8 Å². The number of amides is 1. The molecular formula is C16H21ClN2O2. The van der Waals surface area contributed by atoms with Crippen LogP contribution in [0.4, 0.5) is 0 Å². The van der Waals surface area contributed by atoms with Crippen molar-refractivity contribution in [2.24, 2.45) is 5.92 Å². The van der Waals surface area contributed by atoms with E-state index >= 15 is 0 Å². The number of aldehydes is 1. The lowest BCUT2D eigenvalue weighted by Crippen LogP contribution is -2.42. The van der Waals surface area contributed by atoms with Gasteiger partial charge in [0.2, 0.25) is 5.91 Å².